The van der Waals surface area contributed by atoms with Crippen molar-refractivity contribution in [2.75, 3.05) is 20.3 Å². The summed E-state index contributed by atoms with van der Waals surface area (Å²) < 4.78 is 10.3. The number of carbonyl (C=O) groups is 4. The van der Waals surface area contributed by atoms with Gasteiger partial charge in [0.2, 0.25) is 11.8 Å². The number of amides is 3. The molecule has 2 heterocycles. The third-order valence-corrected chi connectivity index (χ3v) is 5.23. The van der Waals surface area contributed by atoms with Gasteiger partial charge in [-0.25, -0.2) is 0 Å². The molecule has 32 heavy (non-hydrogen) atoms. The number of rotatable bonds is 12. The first-order valence-corrected chi connectivity index (χ1v) is 10.8. The van der Waals surface area contributed by atoms with Crippen molar-refractivity contribution in [3.63, 3.8) is 0 Å². The van der Waals surface area contributed by atoms with Gasteiger partial charge in [-0.05, 0) is 33.1 Å². The minimum Gasteiger partial charge on any atom is -0.392 e. The first kappa shape index (κ1) is 25.7. The standard InChI is InChI=1S/C21H34N4O7/c1-11(2)7-14(17(26)21(5)10-31-21)23-18(27)13(4)22-20(29)16(9-30-6)24-19(28)15-8-12(3)32-25-15/h11-14,16H,7-10H2,1-6H3,(H,22,29)(H,23,27)(H,24,28)/t12?,13-,14?,16?,21?/m0/s1. The molecular weight excluding hydrogens is 420 g/mol. The number of methoxy groups -OCH3 is 1. The zero-order valence-electron chi connectivity index (χ0n) is 19.5. The lowest BCUT2D eigenvalue weighted by atomic mass is 9.93. The summed E-state index contributed by atoms with van der Waals surface area (Å²) in [5.74, 6) is -1.66. The summed E-state index contributed by atoms with van der Waals surface area (Å²) in [5.41, 5.74) is -0.680. The largest absolute Gasteiger partial charge is 0.392 e. The predicted octanol–water partition coefficient (Wildman–Crippen LogP) is -0.324. The third-order valence-electron chi connectivity index (χ3n) is 5.23. The van der Waals surface area contributed by atoms with Crippen LogP contribution in [0.15, 0.2) is 5.16 Å². The molecule has 0 aromatic carbocycles. The Kier molecular flexibility index (Phi) is 8.73. The summed E-state index contributed by atoms with van der Waals surface area (Å²) in [7, 11) is 1.39. The van der Waals surface area contributed by atoms with Crippen LogP contribution in [0.3, 0.4) is 0 Å². The van der Waals surface area contributed by atoms with Crippen LogP contribution < -0.4 is 16.0 Å². The normalized spacial score (nSPS) is 24.6. The van der Waals surface area contributed by atoms with Gasteiger partial charge in [0.25, 0.3) is 5.91 Å². The fourth-order valence-corrected chi connectivity index (χ4v) is 3.22. The maximum absolute atomic E-state index is 12.7. The average Bonchev–Trinajstić information content (AvgIpc) is 3.32. The van der Waals surface area contributed by atoms with Gasteiger partial charge in [-0.2, -0.15) is 0 Å². The second-order valence-corrected chi connectivity index (χ2v) is 8.94. The highest BCUT2D eigenvalue weighted by Gasteiger charge is 2.50. The number of oxime groups is 1. The van der Waals surface area contributed by atoms with E-state index in [4.69, 9.17) is 14.3 Å². The molecule has 0 aliphatic carbocycles. The van der Waals surface area contributed by atoms with E-state index < -0.39 is 41.4 Å². The molecule has 11 nitrogen and oxygen atoms in total. The maximum atomic E-state index is 12.7. The summed E-state index contributed by atoms with van der Waals surface area (Å²) >= 11 is 0. The van der Waals surface area contributed by atoms with Gasteiger partial charge in [-0.15, -0.1) is 0 Å². The molecular formula is C21H34N4O7. The van der Waals surface area contributed by atoms with E-state index in [9.17, 15) is 19.2 Å². The van der Waals surface area contributed by atoms with E-state index in [2.05, 4.69) is 21.1 Å². The molecule has 1 saturated heterocycles. The lowest BCUT2D eigenvalue weighted by Crippen LogP contribution is -2.57. The van der Waals surface area contributed by atoms with Crippen LogP contribution in [0.1, 0.15) is 47.5 Å². The minimum atomic E-state index is -1.03. The Morgan fingerprint density at radius 2 is 1.78 bits per heavy atom. The second-order valence-electron chi connectivity index (χ2n) is 8.94. The summed E-state index contributed by atoms with van der Waals surface area (Å²) in [6, 6.07) is -2.69. The number of ketones is 1. The zero-order chi connectivity index (χ0) is 24.1. The Balaban J connectivity index is 1.95. The molecule has 0 saturated carbocycles. The number of ether oxygens (including phenoxy) is 2. The molecule has 0 aromatic rings. The van der Waals surface area contributed by atoms with Gasteiger partial charge in [0.15, 0.2) is 5.78 Å². The number of nitrogens with one attached hydrogen (secondary N) is 3. The molecule has 0 aromatic heterocycles. The molecule has 11 heteroatoms. The van der Waals surface area contributed by atoms with E-state index in [0.29, 0.717) is 19.4 Å². The number of epoxide rings is 1. The van der Waals surface area contributed by atoms with Crippen molar-refractivity contribution in [2.45, 2.75) is 77.3 Å². The lowest BCUT2D eigenvalue weighted by molar-refractivity contribution is -0.134. The summed E-state index contributed by atoms with van der Waals surface area (Å²) in [4.78, 5) is 55.4. The fourth-order valence-electron chi connectivity index (χ4n) is 3.22. The molecule has 2 rings (SSSR count). The molecule has 1 fully saturated rings. The van der Waals surface area contributed by atoms with Gasteiger partial charge in [0.1, 0.15) is 29.5 Å². The molecule has 0 radical (unpaired) electrons. The quantitative estimate of drug-likeness (QED) is 0.342. The summed E-state index contributed by atoms with van der Waals surface area (Å²) in [6.07, 6.45) is 0.577. The van der Waals surface area contributed by atoms with Crippen LogP contribution >= 0.6 is 0 Å². The Morgan fingerprint density at radius 3 is 2.28 bits per heavy atom. The van der Waals surface area contributed by atoms with E-state index in [1.54, 1.807) is 13.8 Å². The van der Waals surface area contributed by atoms with Crippen molar-refractivity contribution in [3.8, 4) is 0 Å². The molecule has 0 spiro atoms. The van der Waals surface area contributed by atoms with Crippen molar-refractivity contribution in [3.05, 3.63) is 0 Å². The van der Waals surface area contributed by atoms with Crippen LogP contribution in [-0.2, 0) is 33.5 Å². The van der Waals surface area contributed by atoms with E-state index in [-0.39, 0.29) is 30.1 Å². The van der Waals surface area contributed by atoms with Crippen LogP contribution in [0, 0.1) is 5.92 Å². The van der Waals surface area contributed by atoms with E-state index in [1.807, 2.05) is 13.8 Å². The number of Topliss-reactive ketones (excluding diaryl/α,β-unsaturated/α-hetero) is 1. The van der Waals surface area contributed by atoms with Crippen molar-refractivity contribution in [1.29, 1.82) is 0 Å². The molecule has 3 N–H and O–H groups in total. The van der Waals surface area contributed by atoms with Crippen molar-refractivity contribution < 1.29 is 33.5 Å². The molecule has 4 unspecified atom stereocenters. The number of carbonyl (C=O) groups excluding carboxylic acids is 4. The lowest BCUT2D eigenvalue weighted by Gasteiger charge is -2.24. The Bertz CT molecular complexity index is 763. The molecule has 2 aliphatic rings. The first-order chi connectivity index (χ1) is 15.0. The number of hydrogen-bond donors (Lipinski definition) is 3. The monoisotopic (exact) mass is 454 g/mol. The smallest absolute Gasteiger partial charge is 0.269 e. The third kappa shape index (κ3) is 6.99. The van der Waals surface area contributed by atoms with Gasteiger partial charge in [0, 0.05) is 13.5 Å². The number of hydrogen-bond acceptors (Lipinski definition) is 8. The zero-order valence-corrected chi connectivity index (χ0v) is 19.5. The predicted molar refractivity (Wildman–Crippen MR) is 115 cm³/mol. The van der Waals surface area contributed by atoms with Crippen molar-refractivity contribution >= 4 is 29.2 Å². The highest BCUT2D eigenvalue weighted by Crippen LogP contribution is 2.29. The molecule has 0 bridgehead atoms. The van der Waals surface area contributed by atoms with Crippen LogP contribution in [0.4, 0.5) is 0 Å². The van der Waals surface area contributed by atoms with Gasteiger partial charge < -0.3 is 30.3 Å². The topological polar surface area (TPSA) is 148 Å². The number of nitrogens with zero attached hydrogens (tertiary/aromatic N) is 1. The molecule has 5 atom stereocenters. The van der Waals surface area contributed by atoms with Crippen LogP contribution in [0.25, 0.3) is 0 Å². The van der Waals surface area contributed by atoms with Crippen LogP contribution in [-0.4, -0.2) is 79.4 Å². The van der Waals surface area contributed by atoms with E-state index >= 15 is 0 Å². The highest BCUT2D eigenvalue weighted by molar-refractivity contribution is 6.39. The van der Waals surface area contributed by atoms with Gasteiger partial charge >= 0.3 is 0 Å². The summed E-state index contributed by atoms with van der Waals surface area (Å²) in [6.45, 7) is 9.10. The average molecular weight is 455 g/mol. The Morgan fingerprint density at radius 1 is 1.12 bits per heavy atom. The molecule has 2 aliphatic heterocycles. The van der Waals surface area contributed by atoms with E-state index in [0.717, 1.165) is 0 Å². The minimum absolute atomic E-state index is 0.0975. The van der Waals surface area contributed by atoms with Gasteiger partial charge in [0.05, 0.1) is 19.3 Å². The van der Waals surface area contributed by atoms with E-state index in [1.165, 1.54) is 14.0 Å². The van der Waals surface area contributed by atoms with Gasteiger partial charge in [-0.1, -0.05) is 19.0 Å². The molecule has 180 valence electrons. The van der Waals surface area contributed by atoms with Gasteiger partial charge in [-0.3, -0.25) is 19.2 Å². The second kappa shape index (κ2) is 10.9. The van der Waals surface area contributed by atoms with Crippen molar-refractivity contribution in [2.24, 2.45) is 11.1 Å². The maximum Gasteiger partial charge on any atom is 0.269 e. The fraction of sp³-hybridized carbons (Fsp3) is 0.762. The summed E-state index contributed by atoms with van der Waals surface area (Å²) in [5, 5.41) is 11.5. The van der Waals surface area contributed by atoms with Crippen molar-refractivity contribution in [1.82, 2.24) is 16.0 Å². The SMILES string of the molecule is COCC(NC(=O)C1=NOC(C)C1)C(=O)N[C@@H](C)C(=O)NC(CC(C)C)C(=O)C1(C)CO1. The van der Waals surface area contributed by atoms with Crippen LogP contribution in [0.5, 0.6) is 0 Å². The Hall–Kier alpha value is -2.53. The molecule has 3 amide bonds. The Labute approximate surface area is 188 Å². The van der Waals surface area contributed by atoms with Crippen LogP contribution in [0.2, 0.25) is 0 Å². The first-order valence-electron chi connectivity index (χ1n) is 10.8. The highest BCUT2D eigenvalue weighted by atomic mass is 16.6.